The second kappa shape index (κ2) is 6.00. The van der Waals surface area contributed by atoms with Gasteiger partial charge in [0.15, 0.2) is 0 Å². The van der Waals surface area contributed by atoms with Crippen LogP contribution in [0.25, 0.3) is 0 Å². The molecule has 0 aliphatic carbocycles. The van der Waals surface area contributed by atoms with Crippen LogP contribution in [0.4, 0.5) is 11.8 Å². The van der Waals surface area contributed by atoms with Crippen molar-refractivity contribution in [2.24, 2.45) is 5.92 Å². The summed E-state index contributed by atoms with van der Waals surface area (Å²) < 4.78 is 0. The summed E-state index contributed by atoms with van der Waals surface area (Å²) in [5, 5.41) is 6.58. The molecule has 2 heterocycles. The molecule has 18 heavy (non-hydrogen) atoms. The predicted octanol–water partition coefficient (Wildman–Crippen LogP) is 1.58. The van der Waals surface area contributed by atoms with Gasteiger partial charge in [0.25, 0.3) is 0 Å². The molecule has 1 aromatic heterocycles. The zero-order valence-corrected chi connectivity index (χ0v) is 11.5. The summed E-state index contributed by atoms with van der Waals surface area (Å²) in [5.41, 5.74) is 0.993. The van der Waals surface area contributed by atoms with Gasteiger partial charge < -0.3 is 15.5 Å². The van der Waals surface area contributed by atoms with Crippen LogP contribution in [0, 0.1) is 12.8 Å². The molecule has 100 valence electrons. The van der Waals surface area contributed by atoms with E-state index in [2.05, 4.69) is 32.5 Å². The molecule has 2 rings (SSSR count). The lowest BCUT2D eigenvalue weighted by Gasteiger charge is -2.13. The van der Waals surface area contributed by atoms with Crippen molar-refractivity contribution < 1.29 is 0 Å². The molecule has 0 aromatic carbocycles. The fourth-order valence-electron chi connectivity index (χ4n) is 2.34. The number of nitrogens with zero attached hydrogens (tertiary/aromatic N) is 3. The molecule has 1 atom stereocenters. The number of aromatic nitrogens is 2. The molecule has 0 radical (unpaired) electrons. The number of hydrogen-bond donors (Lipinski definition) is 2. The standard InChI is InChI=1S/C13H23N5/c1-4-14-13-16-10(2)7-12(17-13)15-8-11-5-6-18(3)9-11/h7,11H,4-6,8-9H2,1-3H3,(H2,14,15,16,17). The summed E-state index contributed by atoms with van der Waals surface area (Å²) in [4.78, 5) is 11.2. The molecule has 0 amide bonds. The summed E-state index contributed by atoms with van der Waals surface area (Å²) >= 11 is 0. The largest absolute Gasteiger partial charge is 0.370 e. The fourth-order valence-corrected chi connectivity index (χ4v) is 2.34. The third-order valence-electron chi connectivity index (χ3n) is 3.25. The number of hydrogen-bond acceptors (Lipinski definition) is 5. The quantitative estimate of drug-likeness (QED) is 0.830. The minimum Gasteiger partial charge on any atom is -0.370 e. The Bertz CT molecular complexity index is 393. The Balaban J connectivity index is 1.92. The number of likely N-dealkylation sites (tertiary alicyclic amines) is 1. The third-order valence-corrected chi connectivity index (χ3v) is 3.25. The number of nitrogens with one attached hydrogen (secondary N) is 2. The van der Waals surface area contributed by atoms with Gasteiger partial charge in [0.05, 0.1) is 0 Å². The Morgan fingerprint density at radius 1 is 1.39 bits per heavy atom. The predicted molar refractivity (Wildman–Crippen MR) is 75.0 cm³/mol. The zero-order valence-electron chi connectivity index (χ0n) is 11.5. The lowest BCUT2D eigenvalue weighted by Crippen LogP contribution is -2.19. The van der Waals surface area contributed by atoms with E-state index in [0.717, 1.165) is 30.5 Å². The van der Waals surface area contributed by atoms with E-state index < -0.39 is 0 Å². The van der Waals surface area contributed by atoms with Crippen LogP contribution in [-0.2, 0) is 0 Å². The van der Waals surface area contributed by atoms with Crippen LogP contribution in [0.15, 0.2) is 6.07 Å². The molecule has 5 heteroatoms. The average Bonchev–Trinajstić information content (AvgIpc) is 2.72. The van der Waals surface area contributed by atoms with Crippen LogP contribution in [0.1, 0.15) is 19.0 Å². The van der Waals surface area contributed by atoms with Gasteiger partial charge in [0, 0.05) is 31.4 Å². The van der Waals surface area contributed by atoms with Crippen molar-refractivity contribution in [2.45, 2.75) is 20.3 Å². The van der Waals surface area contributed by atoms with E-state index in [9.17, 15) is 0 Å². The van der Waals surface area contributed by atoms with Crippen molar-refractivity contribution in [1.29, 1.82) is 0 Å². The van der Waals surface area contributed by atoms with Gasteiger partial charge in [-0.15, -0.1) is 0 Å². The molecule has 1 aliphatic rings. The van der Waals surface area contributed by atoms with Crippen LogP contribution < -0.4 is 10.6 Å². The van der Waals surface area contributed by atoms with Gasteiger partial charge in [-0.05, 0) is 39.8 Å². The monoisotopic (exact) mass is 249 g/mol. The van der Waals surface area contributed by atoms with Gasteiger partial charge in [-0.1, -0.05) is 0 Å². The molecule has 0 spiro atoms. The van der Waals surface area contributed by atoms with Gasteiger partial charge in [0.2, 0.25) is 5.95 Å². The van der Waals surface area contributed by atoms with Crippen LogP contribution in [0.5, 0.6) is 0 Å². The van der Waals surface area contributed by atoms with Crippen molar-refractivity contribution in [3.05, 3.63) is 11.8 Å². The number of rotatable bonds is 5. The fraction of sp³-hybridized carbons (Fsp3) is 0.692. The van der Waals surface area contributed by atoms with E-state index >= 15 is 0 Å². The van der Waals surface area contributed by atoms with E-state index in [1.54, 1.807) is 0 Å². The van der Waals surface area contributed by atoms with Crippen LogP contribution >= 0.6 is 0 Å². The average molecular weight is 249 g/mol. The molecule has 1 saturated heterocycles. The molecule has 2 N–H and O–H groups in total. The maximum absolute atomic E-state index is 4.46. The van der Waals surface area contributed by atoms with Gasteiger partial charge >= 0.3 is 0 Å². The Hall–Kier alpha value is -1.36. The van der Waals surface area contributed by atoms with Crippen LogP contribution in [0.2, 0.25) is 0 Å². The molecule has 1 unspecified atom stereocenters. The van der Waals surface area contributed by atoms with E-state index in [1.165, 1.54) is 19.5 Å². The van der Waals surface area contributed by atoms with E-state index in [0.29, 0.717) is 5.95 Å². The SMILES string of the molecule is CCNc1nc(C)cc(NCC2CCN(C)C2)n1. The highest BCUT2D eigenvalue weighted by Gasteiger charge is 2.19. The smallest absolute Gasteiger partial charge is 0.224 e. The van der Waals surface area contributed by atoms with Gasteiger partial charge in [0.1, 0.15) is 5.82 Å². The topological polar surface area (TPSA) is 53.1 Å². The van der Waals surface area contributed by atoms with E-state index in [-0.39, 0.29) is 0 Å². The Labute approximate surface area is 109 Å². The second-order valence-corrected chi connectivity index (χ2v) is 5.05. The van der Waals surface area contributed by atoms with Crippen LogP contribution in [0.3, 0.4) is 0 Å². The molecule has 1 aromatic rings. The third kappa shape index (κ3) is 3.57. The van der Waals surface area contributed by atoms with Gasteiger partial charge in [-0.25, -0.2) is 4.98 Å². The highest BCUT2D eigenvalue weighted by Crippen LogP contribution is 2.16. The van der Waals surface area contributed by atoms with Crippen molar-refractivity contribution in [1.82, 2.24) is 14.9 Å². The van der Waals surface area contributed by atoms with E-state index in [1.807, 2.05) is 19.9 Å². The Kier molecular flexibility index (Phi) is 4.36. The zero-order chi connectivity index (χ0) is 13.0. The molecule has 1 fully saturated rings. The lowest BCUT2D eigenvalue weighted by atomic mass is 10.1. The molecular formula is C13H23N5. The first-order valence-electron chi connectivity index (χ1n) is 6.69. The molecule has 0 saturated carbocycles. The van der Waals surface area contributed by atoms with Crippen molar-refractivity contribution >= 4 is 11.8 Å². The maximum Gasteiger partial charge on any atom is 0.224 e. The van der Waals surface area contributed by atoms with Gasteiger partial charge in [-0.3, -0.25) is 0 Å². The minimum absolute atomic E-state index is 0.712. The Morgan fingerprint density at radius 2 is 2.22 bits per heavy atom. The first kappa shape index (κ1) is 13.1. The van der Waals surface area contributed by atoms with Gasteiger partial charge in [-0.2, -0.15) is 4.98 Å². The van der Waals surface area contributed by atoms with Crippen LogP contribution in [-0.4, -0.2) is 48.1 Å². The molecule has 0 bridgehead atoms. The lowest BCUT2D eigenvalue weighted by molar-refractivity contribution is 0.399. The number of aryl methyl sites for hydroxylation is 1. The normalized spacial score (nSPS) is 20.1. The molecule has 1 aliphatic heterocycles. The van der Waals surface area contributed by atoms with Crippen molar-refractivity contribution in [3.8, 4) is 0 Å². The van der Waals surface area contributed by atoms with E-state index in [4.69, 9.17) is 0 Å². The summed E-state index contributed by atoms with van der Waals surface area (Å²) in [6.07, 6.45) is 1.27. The number of anilines is 2. The summed E-state index contributed by atoms with van der Waals surface area (Å²) in [6, 6.07) is 2.00. The highest BCUT2D eigenvalue weighted by molar-refractivity contribution is 5.42. The summed E-state index contributed by atoms with van der Waals surface area (Å²) in [5.74, 6) is 2.37. The highest BCUT2D eigenvalue weighted by atomic mass is 15.2. The molecular weight excluding hydrogens is 226 g/mol. The van der Waals surface area contributed by atoms with Crippen molar-refractivity contribution in [3.63, 3.8) is 0 Å². The first-order chi connectivity index (χ1) is 8.67. The summed E-state index contributed by atoms with van der Waals surface area (Å²) in [6.45, 7) is 8.27. The molecule has 5 nitrogen and oxygen atoms in total. The van der Waals surface area contributed by atoms with Crippen molar-refractivity contribution in [2.75, 3.05) is 43.9 Å². The second-order valence-electron chi connectivity index (χ2n) is 5.05. The first-order valence-corrected chi connectivity index (χ1v) is 6.69. The summed E-state index contributed by atoms with van der Waals surface area (Å²) in [7, 11) is 2.18. The maximum atomic E-state index is 4.46. The Morgan fingerprint density at radius 3 is 2.89 bits per heavy atom. The minimum atomic E-state index is 0.712.